The van der Waals surface area contributed by atoms with Crippen molar-refractivity contribution in [3.05, 3.63) is 12.7 Å². The maximum atomic E-state index is 10.7. The monoisotopic (exact) mass is 205 g/mol. The van der Waals surface area contributed by atoms with Gasteiger partial charge in [0.25, 0.3) is 5.91 Å². The zero-order chi connectivity index (χ0) is 11.4. The lowest BCUT2D eigenvalue weighted by Crippen LogP contribution is -2.26. The molecule has 13 heavy (non-hydrogen) atoms. The molecule has 0 heterocycles. The maximum Gasteiger partial charge on any atom is 0.255 e. The van der Waals surface area contributed by atoms with Crippen LogP contribution < -0.4 is 0 Å². The van der Waals surface area contributed by atoms with Crippen molar-refractivity contribution in [1.29, 1.82) is 0 Å². The molecule has 0 bridgehead atoms. The Morgan fingerprint density at radius 1 is 1.31 bits per heavy atom. The highest BCUT2D eigenvalue weighted by atomic mass is 32.1. The van der Waals surface area contributed by atoms with Crippen molar-refractivity contribution >= 4 is 18.7 Å². The summed E-state index contributed by atoms with van der Waals surface area (Å²) in [6, 6.07) is 0.124. The summed E-state index contributed by atoms with van der Waals surface area (Å²) < 4.78 is 1.33. The van der Waals surface area contributed by atoms with Gasteiger partial charge >= 0.3 is 0 Å². The van der Waals surface area contributed by atoms with Gasteiger partial charge in [-0.2, -0.15) is 0 Å². The molecule has 0 N–H and O–H groups in total. The first kappa shape index (κ1) is 18.4. The first-order valence-electron chi connectivity index (χ1n) is 4.74. The Hall–Kier alpha value is -0.440. The van der Waals surface area contributed by atoms with E-state index in [4.69, 9.17) is 0 Å². The summed E-state index contributed by atoms with van der Waals surface area (Å²) in [6.07, 6.45) is 1.24. The Morgan fingerprint density at radius 3 is 1.69 bits per heavy atom. The van der Waals surface area contributed by atoms with Gasteiger partial charge in [0, 0.05) is 6.04 Å². The molecule has 0 fully saturated rings. The number of rotatable bonds is 2. The molecular weight excluding hydrogens is 182 g/mol. The molecule has 1 amide bonds. The predicted molar refractivity (Wildman–Crippen MR) is 63.9 cm³/mol. The summed E-state index contributed by atoms with van der Waals surface area (Å²) >= 11 is 3.91. The molecule has 0 atom stereocenters. The van der Waals surface area contributed by atoms with Crippen molar-refractivity contribution in [3.8, 4) is 0 Å². The van der Waals surface area contributed by atoms with Gasteiger partial charge in [-0.1, -0.05) is 47.1 Å². The van der Waals surface area contributed by atoms with Crippen LogP contribution in [0.5, 0.6) is 0 Å². The Kier molecular flexibility index (Phi) is 19.9. The zero-order valence-corrected chi connectivity index (χ0v) is 10.6. The molecule has 0 aromatic heterocycles. The normalized spacial score (nSPS) is 7.38. The third kappa shape index (κ3) is 11.6. The minimum Gasteiger partial charge on any atom is -0.283 e. The van der Waals surface area contributed by atoms with Crippen LogP contribution in [0.15, 0.2) is 12.7 Å². The summed E-state index contributed by atoms with van der Waals surface area (Å²) in [5.41, 5.74) is 0. The van der Waals surface area contributed by atoms with Crippen LogP contribution >= 0.6 is 12.8 Å². The van der Waals surface area contributed by atoms with Crippen molar-refractivity contribution in [2.24, 2.45) is 0 Å². The fourth-order valence-corrected chi connectivity index (χ4v) is 0.430. The molecule has 2 nitrogen and oxygen atoms in total. The van der Waals surface area contributed by atoms with Crippen molar-refractivity contribution in [1.82, 2.24) is 4.31 Å². The minimum absolute atomic E-state index is 0.124. The summed E-state index contributed by atoms with van der Waals surface area (Å²) in [5.74, 6) is -0.159. The molecule has 0 aliphatic rings. The number of nitrogens with zero attached hydrogens (tertiary/aromatic N) is 1. The SMILES string of the molecule is C=CC(=O)N(S)C(C)C.CC.CC. The van der Waals surface area contributed by atoms with E-state index in [2.05, 4.69) is 19.4 Å². The molecule has 80 valence electrons. The van der Waals surface area contributed by atoms with E-state index in [1.807, 2.05) is 41.5 Å². The molecule has 0 aliphatic heterocycles. The first-order chi connectivity index (χ1) is 6.09. The van der Waals surface area contributed by atoms with E-state index in [0.717, 1.165) is 0 Å². The Balaban J connectivity index is -0.000000218. The second-order valence-corrected chi connectivity index (χ2v) is 2.41. The van der Waals surface area contributed by atoms with Gasteiger partial charge in [-0.3, -0.25) is 9.10 Å². The largest absolute Gasteiger partial charge is 0.283 e. The fraction of sp³-hybridized carbons (Fsp3) is 0.700. The number of thiol groups is 1. The number of amides is 1. The van der Waals surface area contributed by atoms with E-state index in [1.54, 1.807) is 0 Å². The Labute approximate surface area is 88.6 Å². The van der Waals surface area contributed by atoms with Crippen LogP contribution in [-0.4, -0.2) is 16.3 Å². The third-order valence-electron chi connectivity index (χ3n) is 0.890. The lowest BCUT2D eigenvalue weighted by Gasteiger charge is -2.16. The van der Waals surface area contributed by atoms with E-state index in [1.165, 1.54) is 10.4 Å². The number of hydrogen-bond acceptors (Lipinski definition) is 2. The molecule has 0 aromatic carbocycles. The molecule has 3 heteroatoms. The van der Waals surface area contributed by atoms with Gasteiger partial charge in [-0.25, -0.2) is 0 Å². The van der Waals surface area contributed by atoms with Crippen LogP contribution in [0.1, 0.15) is 41.5 Å². The fourth-order valence-electron chi connectivity index (χ4n) is 0.348. The predicted octanol–water partition coefficient (Wildman–Crippen LogP) is 3.31. The second kappa shape index (κ2) is 14.1. The standard InChI is InChI=1S/C6H11NOS.2C2H6/c1-4-6(8)7(9)5(2)3;2*1-2/h4-5,9H,1H2,2-3H3;2*1-2H3. The van der Waals surface area contributed by atoms with E-state index < -0.39 is 0 Å². The summed E-state index contributed by atoms with van der Waals surface area (Å²) in [6.45, 7) is 15.1. The van der Waals surface area contributed by atoms with Crippen LogP contribution in [0.4, 0.5) is 0 Å². The maximum absolute atomic E-state index is 10.7. The van der Waals surface area contributed by atoms with Crippen molar-refractivity contribution in [2.75, 3.05) is 0 Å². The smallest absolute Gasteiger partial charge is 0.255 e. The summed E-state index contributed by atoms with van der Waals surface area (Å²) in [4.78, 5) is 10.7. The highest BCUT2D eigenvalue weighted by Crippen LogP contribution is 2.01. The van der Waals surface area contributed by atoms with Gasteiger partial charge < -0.3 is 0 Å². The van der Waals surface area contributed by atoms with Crippen LogP contribution in [-0.2, 0) is 4.79 Å². The quantitative estimate of drug-likeness (QED) is 0.542. The van der Waals surface area contributed by atoms with Gasteiger partial charge in [0.15, 0.2) is 0 Å². The second-order valence-electron chi connectivity index (χ2n) is 1.98. The molecule has 0 saturated carbocycles. The van der Waals surface area contributed by atoms with E-state index >= 15 is 0 Å². The topological polar surface area (TPSA) is 20.3 Å². The summed E-state index contributed by atoms with van der Waals surface area (Å²) in [5, 5.41) is 0. The van der Waals surface area contributed by atoms with Gasteiger partial charge in [0.2, 0.25) is 0 Å². The molecule has 0 unspecified atom stereocenters. The van der Waals surface area contributed by atoms with Crippen LogP contribution in [0.3, 0.4) is 0 Å². The van der Waals surface area contributed by atoms with Gasteiger partial charge in [-0.15, -0.1) is 0 Å². The number of hydrogen-bond donors (Lipinski definition) is 1. The van der Waals surface area contributed by atoms with Gasteiger partial charge in [0.1, 0.15) is 0 Å². The summed E-state index contributed by atoms with van der Waals surface area (Å²) in [7, 11) is 0. The van der Waals surface area contributed by atoms with E-state index in [9.17, 15) is 4.79 Å². The van der Waals surface area contributed by atoms with Gasteiger partial charge in [0.05, 0.1) is 0 Å². The van der Waals surface area contributed by atoms with Crippen molar-refractivity contribution < 1.29 is 4.79 Å². The van der Waals surface area contributed by atoms with Gasteiger partial charge in [-0.05, 0) is 19.9 Å². The van der Waals surface area contributed by atoms with E-state index in [0.29, 0.717) is 0 Å². The molecule has 0 aromatic rings. The highest BCUT2D eigenvalue weighted by molar-refractivity contribution is 7.78. The molecule has 0 spiro atoms. The van der Waals surface area contributed by atoms with Crippen LogP contribution in [0, 0.1) is 0 Å². The Bertz CT molecular complexity index is 124. The Morgan fingerprint density at radius 2 is 1.62 bits per heavy atom. The molecule has 0 saturated heterocycles. The lowest BCUT2D eigenvalue weighted by atomic mass is 10.4. The molecule has 0 radical (unpaired) electrons. The first-order valence-corrected chi connectivity index (χ1v) is 5.14. The molecule has 0 aliphatic carbocycles. The number of carbonyl (C=O) groups excluding carboxylic acids is 1. The average molecular weight is 205 g/mol. The molecular formula is C10H23NOS. The van der Waals surface area contributed by atoms with Crippen molar-refractivity contribution in [3.63, 3.8) is 0 Å². The van der Waals surface area contributed by atoms with E-state index in [-0.39, 0.29) is 11.9 Å². The molecule has 0 rings (SSSR count). The third-order valence-corrected chi connectivity index (χ3v) is 1.55. The lowest BCUT2D eigenvalue weighted by molar-refractivity contribution is -0.122. The van der Waals surface area contributed by atoms with Crippen molar-refractivity contribution in [2.45, 2.75) is 47.6 Å². The highest BCUT2D eigenvalue weighted by Gasteiger charge is 2.07. The van der Waals surface area contributed by atoms with Crippen LogP contribution in [0.2, 0.25) is 0 Å². The zero-order valence-electron chi connectivity index (χ0n) is 9.66. The minimum atomic E-state index is -0.159. The van der Waals surface area contributed by atoms with Crippen LogP contribution in [0.25, 0.3) is 0 Å². The number of carbonyl (C=O) groups is 1. The average Bonchev–Trinajstić information content (AvgIpc) is 2.21.